The van der Waals surface area contributed by atoms with E-state index >= 15 is 0 Å². The summed E-state index contributed by atoms with van der Waals surface area (Å²) in [7, 11) is 2.07. The first kappa shape index (κ1) is 15.3. The molecular weight excluding hydrogens is 247 g/mol. The summed E-state index contributed by atoms with van der Waals surface area (Å²) in [5, 5.41) is 3.26. The number of halogens is 1. The van der Waals surface area contributed by atoms with Crippen molar-refractivity contribution >= 4 is 17.4 Å². The van der Waals surface area contributed by atoms with E-state index in [1.165, 1.54) is 6.07 Å². The third kappa shape index (κ3) is 4.18. The van der Waals surface area contributed by atoms with Crippen molar-refractivity contribution in [1.29, 1.82) is 0 Å². The van der Waals surface area contributed by atoms with Gasteiger partial charge >= 0.3 is 0 Å². The SMILES string of the molecule is CCNCc1cc(F)ccc1N(C)C(C)CSC. The standard InChI is InChI=1S/C14H23FN2S/c1-5-16-9-12-8-13(15)6-7-14(12)17(3)11(2)10-18-4/h6-8,11,16H,5,9-10H2,1-4H3. The van der Waals surface area contributed by atoms with E-state index in [4.69, 9.17) is 0 Å². The van der Waals surface area contributed by atoms with Crippen molar-refractivity contribution in [3.8, 4) is 0 Å². The normalized spacial score (nSPS) is 12.5. The van der Waals surface area contributed by atoms with Crippen LogP contribution in [0.4, 0.5) is 10.1 Å². The van der Waals surface area contributed by atoms with Crippen LogP contribution in [0, 0.1) is 5.82 Å². The van der Waals surface area contributed by atoms with Crippen molar-refractivity contribution in [2.24, 2.45) is 0 Å². The second-order valence-corrected chi connectivity index (χ2v) is 5.38. The minimum Gasteiger partial charge on any atom is -0.371 e. The lowest BCUT2D eigenvalue weighted by atomic mass is 10.1. The molecule has 0 saturated carbocycles. The lowest BCUT2D eigenvalue weighted by Crippen LogP contribution is -2.32. The Balaban J connectivity index is 2.91. The Morgan fingerprint density at radius 2 is 2.17 bits per heavy atom. The minimum absolute atomic E-state index is 0.169. The van der Waals surface area contributed by atoms with E-state index in [9.17, 15) is 4.39 Å². The van der Waals surface area contributed by atoms with Crippen LogP contribution >= 0.6 is 11.8 Å². The van der Waals surface area contributed by atoms with E-state index in [1.807, 2.05) is 17.8 Å². The third-order valence-corrected chi connectivity index (χ3v) is 3.87. The van der Waals surface area contributed by atoms with Crippen molar-refractivity contribution in [3.05, 3.63) is 29.6 Å². The van der Waals surface area contributed by atoms with Crippen molar-refractivity contribution in [2.75, 3.05) is 30.5 Å². The van der Waals surface area contributed by atoms with Crippen LogP contribution in [0.5, 0.6) is 0 Å². The summed E-state index contributed by atoms with van der Waals surface area (Å²) in [6.45, 7) is 5.84. The fourth-order valence-electron chi connectivity index (χ4n) is 1.89. The number of thioether (sulfide) groups is 1. The van der Waals surface area contributed by atoms with Gasteiger partial charge in [0.25, 0.3) is 0 Å². The number of nitrogens with one attached hydrogen (secondary N) is 1. The van der Waals surface area contributed by atoms with Crippen molar-refractivity contribution < 1.29 is 4.39 Å². The predicted molar refractivity (Wildman–Crippen MR) is 80.0 cm³/mol. The van der Waals surface area contributed by atoms with Crippen LogP contribution < -0.4 is 10.2 Å². The average molecular weight is 270 g/mol. The zero-order valence-electron chi connectivity index (χ0n) is 11.7. The molecular formula is C14H23FN2S. The molecule has 0 aliphatic heterocycles. The van der Waals surface area contributed by atoms with Crippen molar-refractivity contribution in [1.82, 2.24) is 5.32 Å². The first-order chi connectivity index (χ1) is 8.60. The van der Waals surface area contributed by atoms with Crippen molar-refractivity contribution in [3.63, 3.8) is 0 Å². The Hall–Kier alpha value is -0.740. The molecule has 1 atom stereocenters. The van der Waals surface area contributed by atoms with Gasteiger partial charge in [0.2, 0.25) is 0 Å². The molecule has 0 aliphatic carbocycles. The number of anilines is 1. The zero-order chi connectivity index (χ0) is 13.5. The van der Waals surface area contributed by atoms with Crippen LogP contribution in [0.25, 0.3) is 0 Å². The molecule has 1 rings (SSSR count). The minimum atomic E-state index is -0.169. The summed E-state index contributed by atoms with van der Waals surface area (Å²) in [6, 6.07) is 5.47. The smallest absolute Gasteiger partial charge is 0.123 e. The van der Waals surface area contributed by atoms with Crippen LogP contribution in [-0.4, -0.2) is 31.6 Å². The van der Waals surface area contributed by atoms with Crippen LogP contribution in [0.3, 0.4) is 0 Å². The Morgan fingerprint density at radius 1 is 1.44 bits per heavy atom. The van der Waals surface area contributed by atoms with Crippen LogP contribution in [-0.2, 0) is 6.54 Å². The quantitative estimate of drug-likeness (QED) is 0.819. The summed E-state index contributed by atoms with van der Waals surface area (Å²) in [4.78, 5) is 2.22. The molecule has 0 radical (unpaired) electrons. The molecule has 0 saturated heterocycles. The maximum atomic E-state index is 13.3. The maximum absolute atomic E-state index is 13.3. The molecule has 0 heterocycles. The Bertz CT molecular complexity index is 371. The molecule has 0 aromatic heterocycles. The van der Waals surface area contributed by atoms with Crippen LogP contribution in [0.15, 0.2) is 18.2 Å². The molecule has 18 heavy (non-hydrogen) atoms. The second-order valence-electron chi connectivity index (χ2n) is 4.47. The highest BCUT2D eigenvalue weighted by molar-refractivity contribution is 7.98. The van der Waals surface area contributed by atoms with Gasteiger partial charge < -0.3 is 10.2 Å². The topological polar surface area (TPSA) is 15.3 Å². The molecule has 0 aliphatic rings. The Kier molecular flexibility index (Phi) is 6.50. The summed E-state index contributed by atoms with van der Waals surface area (Å²) in [6.07, 6.45) is 2.11. The summed E-state index contributed by atoms with van der Waals surface area (Å²) >= 11 is 1.83. The fraction of sp³-hybridized carbons (Fsp3) is 0.571. The largest absolute Gasteiger partial charge is 0.371 e. The molecule has 1 aromatic carbocycles. The van der Waals surface area contributed by atoms with Gasteiger partial charge in [-0.1, -0.05) is 6.92 Å². The van der Waals surface area contributed by atoms with E-state index in [0.717, 1.165) is 23.5 Å². The van der Waals surface area contributed by atoms with Crippen molar-refractivity contribution in [2.45, 2.75) is 26.4 Å². The van der Waals surface area contributed by atoms with Gasteiger partial charge in [-0.15, -0.1) is 0 Å². The van der Waals surface area contributed by atoms with E-state index in [2.05, 4.69) is 37.4 Å². The highest BCUT2D eigenvalue weighted by Crippen LogP contribution is 2.23. The maximum Gasteiger partial charge on any atom is 0.123 e. The highest BCUT2D eigenvalue weighted by atomic mass is 32.2. The first-order valence-corrected chi connectivity index (χ1v) is 7.70. The van der Waals surface area contributed by atoms with Gasteiger partial charge in [0, 0.05) is 31.1 Å². The summed E-state index contributed by atoms with van der Waals surface area (Å²) in [5.41, 5.74) is 2.13. The molecule has 1 unspecified atom stereocenters. The molecule has 0 fully saturated rings. The molecule has 0 spiro atoms. The number of hydrogen-bond donors (Lipinski definition) is 1. The van der Waals surface area contributed by atoms with Gasteiger partial charge in [-0.25, -0.2) is 4.39 Å². The number of hydrogen-bond acceptors (Lipinski definition) is 3. The van der Waals surface area contributed by atoms with Crippen LogP contribution in [0.2, 0.25) is 0 Å². The van der Waals surface area contributed by atoms with Crippen LogP contribution in [0.1, 0.15) is 19.4 Å². The molecule has 0 amide bonds. The molecule has 4 heteroatoms. The monoisotopic (exact) mass is 270 g/mol. The first-order valence-electron chi connectivity index (χ1n) is 6.31. The Labute approximate surface area is 114 Å². The lowest BCUT2D eigenvalue weighted by Gasteiger charge is -2.28. The molecule has 1 N–H and O–H groups in total. The average Bonchev–Trinajstić information content (AvgIpc) is 2.36. The fourth-order valence-corrected chi connectivity index (χ4v) is 2.60. The zero-order valence-corrected chi connectivity index (χ0v) is 12.5. The van der Waals surface area contributed by atoms with E-state index in [1.54, 1.807) is 6.07 Å². The highest BCUT2D eigenvalue weighted by Gasteiger charge is 2.13. The predicted octanol–water partition coefficient (Wildman–Crippen LogP) is 3.12. The lowest BCUT2D eigenvalue weighted by molar-refractivity contribution is 0.620. The number of rotatable bonds is 7. The second kappa shape index (κ2) is 7.64. The number of nitrogens with zero attached hydrogens (tertiary/aromatic N) is 1. The molecule has 102 valence electrons. The van der Waals surface area contributed by atoms with Gasteiger partial charge in [0.15, 0.2) is 0 Å². The summed E-state index contributed by atoms with van der Waals surface area (Å²) < 4.78 is 13.3. The van der Waals surface area contributed by atoms with Gasteiger partial charge in [-0.3, -0.25) is 0 Å². The van der Waals surface area contributed by atoms with Gasteiger partial charge in [0.1, 0.15) is 5.82 Å². The van der Waals surface area contributed by atoms with Gasteiger partial charge in [-0.2, -0.15) is 11.8 Å². The third-order valence-electron chi connectivity index (χ3n) is 3.06. The number of benzene rings is 1. The summed E-state index contributed by atoms with van der Waals surface area (Å²) in [5.74, 6) is 0.895. The van der Waals surface area contributed by atoms with E-state index in [0.29, 0.717) is 12.6 Å². The molecule has 1 aromatic rings. The molecule has 2 nitrogen and oxygen atoms in total. The van der Waals surface area contributed by atoms with Gasteiger partial charge in [0.05, 0.1) is 0 Å². The van der Waals surface area contributed by atoms with Gasteiger partial charge in [-0.05, 0) is 43.5 Å². The van der Waals surface area contributed by atoms with E-state index < -0.39 is 0 Å². The Morgan fingerprint density at radius 3 is 2.78 bits per heavy atom. The van der Waals surface area contributed by atoms with E-state index in [-0.39, 0.29) is 5.82 Å². The molecule has 0 bridgehead atoms.